The van der Waals surface area contributed by atoms with Gasteiger partial charge in [0.25, 0.3) is 5.91 Å². The minimum Gasteiger partial charge on any atom is -0.382 e. The molecule has 0 atom stereocenters. The molecule has 8 heteroatoms. The number of amides is 1. The lowest BCUT2D eigenvalue weighted by molar-refractivity contribution is 0.0926. The number of carbonyl (C=O) groups is 1. The van der Waals surface area contributed by atoms with Crippen LogP contribution in [-0.4, -0.2) is 23.0 Å². The Bertz CT molecular complexity index is 1060. The molecule has 0 spiro atoms. The summed E-state index contributed by atoms with van der Waals surface area (Å²) in [6.07, 6.45) is 3.33. The van der Waals surface area contributed by atoms with Gasteiger partial charge in [0, 0.05) is 28.7 Å². The Balaban J connectivity index is 0.00000256. The van der Waals surface area contributed by atoms with Crippen LogP contribution >= 0.6 is 24.0 Å². The van der Waals surface area contributed by atoms with Crippen molar-refractivity contribution in [3.8, 4) is 0 Å². The smallest absolute Gasteiger partial charge is 0.251 e. The van der Waals surface area contributed by atoms with Crippen molar-refractivity contribution < 1.29 is 13.6 Å². The molecule has 4 rings (SSSR count). The van der Waals surface area contributed by atoms with Crippen LogP contribution in [0.2, 0.25) is 5.15 Å². The molecule has 1 fully saturated rings. The van der Waals surface area contributed by atoms with Gasteiger partial charge in [-0.2, -0.15) is 0 Å². The van der Waals surface area contributed by atoms with Crippen LogP contribution in [0.1, 0.15) is 36.0 Å². The van der Waals surface area contributed by atoms with Crippen LogP contribution in [0.15, 0.2) is 48.5 Å². The second kappa shape index (κ2) is 9.58. The van der Waals surface area contributed by atoms with Gasteiger partial charge in [0.05, 0.1) is 5.52 Å². The molecule has 0 radical (unpaired) electrons. The maximum atomic E-state index is 13.3. The number of nitrogens with zero attached hydrogens (tertiary/aromatic N) is 1. The number of para-hydroxylation sites is 1. The number of hydrogen-bond donors (Lipinski definition) is 2. The van der Waals surface area contributed by atoms with Crippen LogP contribution in [0, 0.1) is 11.6 Å². The zero-order valence-corrected chi connectivity index (χ0v) is 17.6. The third-order valence-corrected chi connectivity index (χ3v) is 5.48. The van der Waals surface area contributed by atoms with Gasteiger partial charge in [-0.25, -0.2) is 13.8 Å². The van der Waals surface area contributed by atoms with Crippen molar-refractivity contribution in [3.05, 3.63) is 70.9 Å². The molecule has 3 aromatic rings. The molecule has 1 aromatic heterocycles. The molecule has 0 unspecified atom stereocenters. The SMILES string of the molecule is Cl.O=C(NC1CCC(Nc2cc(Cl)nc3ccccc23)CC1)c1ccc(F)c(F)c1. The lowest BCUT2D eigenvalue weighted by atomic mass is 9.90. The summed E-state index contributed by atoms with van der Waals surface area (Å²) in [6.45, 7) is 0. The monoisotopic (exact) mass is 451 g/mol. The Morgan fingerprint density at radius 1 is 0.967 bits per heavy atom. The van der Waals surface area contributed by atoms with E-state index in [4.69, 9.17) is 11.6 Å². The van der Waals surface area contributed by atoms with Crippen molar-refractivity contribution in [1.29, 1.82) is 0 Å². The van der Waals surface area contributed by atoms with E-state index in [2.05, 4.69) is 15.6 Å². The van der Waals surface area contributed by atoms with Crippen LogP contribution in [-0.2, 0) is 0 Å². The molecule has 0 bridgehead atoms. The summed E-state index contributed by atoms with van der Waals surface area (Å²) in [4.78, 5) is 16.6. The van der Waals surface area contributed by atoms with Crippen LogP contribution in [0.25, 0.3) is 10.9 Å². The first-order chi connectivity index (χ1) is 14.0. The second-order valence-electron chi connectivity index (χ2n) is 7.30. The summed E-state index contributed by atoms with van der Waals surface area (Å²) < 4.78 is 26.4. The largest absolute Gasteiger partial charge is 0.382 e. The first kappa shape index (κ1) is 22.2. The van der Waals surface area contributed by atoms with E-state index in [-0.39, 0.29) is 36.0 Å². The van der Waals surface area contributed by atoms with Crippen LogP contribution < -0.4 is 10.6 Å². The van der Waals surface area contributed by atoms with Gasteiger partial charge in [0.1, 0.15) is 5.15 Å². The quantitative estimate of drug-likeness (QED) is 0.497. The van der Waals surface area contributed by atoms with Gasteiger partial charge in [-0.1, -0.05) is 29.8 Å². The van der Waals surface area contributed by atoms with Gasteiger partial charge < -0.3 is 10.6 Å². The number of fused-ring (bicyclic) bond motifs is 1. The van der Waals surface area contributed by atoms with E-state index >= 15 is 0 Å². The minimum atomic E-state index is -1.02. The second-order valence-corrected chi connectivity index (χ2v) is 7.69. The summed E-state index contributed by atoms with van der Waals surface area (Å²) in [5.41, 5.74) is 1.92. The highest BCUT2D eigenvalue weighted by atomic mass is 35.5. The van der Waals surface area contributed by atoms with E-state index in [1.54, 1.807) is 0 Å². The van der Waals surface area contributed by atoms with E-state index in [1.165, 1.54) is 6.07 Å². The number of aromatic nitrogens is 1. The third-order valence-electron chi connectivity index (χ3n) is 5.29. The van der Waals surface area contributed by atoms with Gasteiger partial charge in [0.15, 0.2) is 11.6 Å². The number of hydrogen-bond acceptors (Lipinski definition) is 3. The predicted octanol–water partition coefficient (Wildman–Crippen LogP) is 5.74. The molecule has 0 saturated heterocycles. The fourth-order valence-electron chi connectivity index (χ4n) is 3.77. The summed E-state index contributed by atoms with van der Waals surface area (Å²) in [7, 11) is 0. The number of halogens is 4. The maximum Gasteiger partial charge on any atom is 0.251 e. The average Bonchev–Trinajstić information content (AvgIpc) is 2.71. The summed E-state index contributed by atoms with van der Waals surface area (Å²) >= 11 is 6.15. The first-order valence-corrected chi connectivity index (χ1v) is 9.95. The van der Waals surface area contributed by atoms with Crippen LogP contribution in [0.5, 0.6) is 0 Å². The number of anilines is 1. The van der Waals surface area contributed by atoms with E-state index in [0.29, 0.717) is 5.15 Å². The van der Waals surface area contributed by atoms with Gasteiger partial charge in [0.2, 0.25) is 0 Å². The number of benzene rings is 2. The molecule has 0 aliphatic heterocycles. The van der Waals surface area contributed by atoms with E-state index in [1.807, 2.05) is 30.3 Å². The normalized spacial score (nSPS) is 18.5. The first-order valence-electron chi connectivity index (χ1n) is 9.57. The fraction of sp³-hybridized carbons (Fsp3) is 0.273. The van der Waals surface area contributed by atoms with Gasteiger partial charge in [-0.05, 0) is 56.0 Å². The zero-order chi connectivity index (χ0) is 20.4. The zero-order valence-electron chi connectivity index (χ0n) is 16.0. The Kier molecular flexibility index (Phi) is 7.10. The standard InChI is InChI=1S/C22H20ClF2N3O.ClH/c23-21-12-20(16-3-1-2-4-19(16)28-21)26-14-6-8-15(9-7-14)27-22(29)13-5-10-17(24)18(25)11-13;/h1-5,10-12,14-15H,6-9H2,(H,26,28)(H,27,29);1H. The van der Waals surface area contributed by atoms with Crippen molar-refractivity contribution in [1.82, 2.24) is 10.3 Å². The molecule has 158 valence electrons. The summed E-state index contributed by atoms with van der Waals surface area (Å²) in [5.74, 6) is -2.36. The highest BCUT2D eigenvalue weighted by molar-refractivity contribution is 6.30. The Morgan fingerprint density at radius 2 is 1.67 bits per heavy atom. The third kappa shape index (κ3) is 4.99. The Labute approximate surface area is 184 Å². The van der Waals surface area contributed by atoms with Gasteiger partial charge in [-0.3, -0.25) is 4.79 Å². The number of nitrogens with one attached hydrogen (secondary N) is 2. The molecule has 2 N–H and O–H groups in total. The fourth-order valence-corrected chi connectivity index (χ4v) is 3.97. The van der Waals surface area contributed by atoms with Crippen molar-refractivity contribution in [2.75, 3.05) is 5.32 Å². The maximum absolute atomic E-state index is 13.3. The molecule has 1 aliphatic rings. The molecule has 2 aromatic carbocycles. The molecular formula is C22H21Cl2F2N3O. The molecule has 30 heavy (non-hydrogen) atoms. The van der Waals surface area contributed by atoms with Gasteiger partial charge >= 0.3 is 0 Å². The molecule has 1 amide bonds. The molecular weight excluding hydrogens is 431 g/mol. The topological polar surface area (TPSA) is 54.0 Å². The predicted molar refractivity (Wildman–Crippen MR) is 117 cm³/mol. The lowest BCUT2D eigenvalue weighted by Crippen LogP contribution is -2.40. The van der Waals surface area contributed by atoms with Crippen LogP contribution in [0.3, 0.4) is 0 Å². The summed E-state index contributed by atoms with van der Waals surface area (Å²) in [6, 6.07) is 13.1. The van der Waals surface area contributed by atoms with Crippen molar-refractivity contribution >= 4 is 46.5 Å². The lowest BCUT2D eigenvalue weighted by Gasteiger charge is -2.30. The number of pyridine rings is 1. The van der Waals surface area contributed by atoms with E-state index in [9.17, 15) is 13.6 Å². The number of rotatable bonds is 4. The highest BCUT2D eigenvalue weighted by Gasteiger charge is 2.23. The minimum absolute atomic E-state index is 0. The van der Waals surface area contributed by atoms with E-state index in [0.717, 1.165) is 54.4 Å². The average molecular weight is 452 g/mol. The Hall–Kier alpha value is -2.44. The molecule has 1 aliphatic carbocycles. The Morgan fingerprint density at radius 3 is 2.40 bits per heavy atom. The van der Waals surface area contributed by atoms with Crippen molar-refractivity contribution in [2.24, 2.45) is 0 Å². The van der Waals surface area contributed by atoms with Gasteiger partial charge in [-0.15, -0.1) is 12.4 Å². The van der Waals surface area contributed by atoms with Crippen molar-refractivity contribution in [3.63, 3.8) is 0 Å². The molecule has 1 heterocycles. The van der Waals surface area contributed by atoms with E-state index < -0.39 is 11.6 Å². The molecule has 1 saturated carbocycles. The summed E-state index contributed by atoms with van der Waals surface area (Å²) in [5, 5.41) is 7.94. The number of carbonyl (C=O) groups excluding carboxylic acids is 1. The highest BCUT2D eigenvalue weighted by Crippen LogP contribution is 2.29. The van der Waals surface area contributed by atoms with Crippen LogP contribution in [0.4, 0.5) is 14.5 Å². The van der Waals surface area contributed by atoms with Crippen molar-refractivity contribution in [2.45, 2.75) is 37.8 Å². The molecule has 4 nitrogen and oxygen atoms in total.